The number of sulfonamides is 1. The fourth-order valence-corrected chi connectivity index (χ4v) is 6.05. The molecule has 0 aliphatic carbocycles. The van der Waals surface area contributed by atoms with E-state index in [0.717, 1.165) is 16.7 Å². The van der Waals surface area contributed by atoms with Gasteiger partial charge in [0.1, 0.15) is 11.5 Å². The molecule has 0 N–H and O–H groups in total. The number of aryl methyl sites for hydroxylation is 1. The summed E-state index contributed by atoms with van der Waals surface area (Å²) in [5, 5.41) is 0. The van der Waals surface area contributed by atoms with E-state index in [1.807, 2.05) is 31.2 Å². The third kappa shape index (κ3) is 5.68. The van der Waals surface area contributed by atoms with E-state index >= 15 is 0 Å². The number of Topliss-reactive ketones (excluding diaryl/α,β-unsaturated/α-hetero) is 1. The first-order valence-corrected chi connectivity index (χ1v) is 13.3. The van der Waals surface area contributed by atoms with E-state index in [4.69, 9.17) is 14.2 Å². The number of rotatable bonds is 9. The zero-order valence-corrected chi connectivity index (χ0v) is 21.8. The Kier molecular flexibility index (Phi) is 7.94. The van der Waals surface area contributed by atoms with Crippen LogP contribution in [-0.4, -0.2) is 51.8 Å². The Morgan fingerprint density at radius 2 is 1.70 bits per heavy atom. The fraction of sp³-hybridized carbons (Fsp3) is 0.286. The second-order valence-corrected chi connectivity index (χ2v) is 10.6. The van der Waals surface area contributed by atoms with E-state index < -0.39 is 34.4 Å². The van der Waals surface area contributed by atoms with Crippen molar-refractivity contribution in [3.8, 4) is 11.5 Å². The summed E-state index contributed by atoms with van der Waals surface area (Å²) in [4.78, 5) is 25.9. The van der Waals surface area contributed by atoms with Gasteiger partial charge in [-0.3, -0.25) is 9.59 Å². The Morgan fingerprint density at radius 3 is 2.41 bits per heavy atom. The average molecular weight is 524 g/mol. The molecule has 8 nitrogen and oxygen atoms in total. The van der Waals surface area contributed by atoms with Gasteiger partial charge in [-0.2, -0.15) is 4.31 Å². The molecular formula is C28H29NO7S. The second-order valence-electron chi connectivity index (χ2n) is 8.75. The predicted octanol–water partition coefficient (Wildman–Crippen LogP) is 4.12. The molecule has 3 aromatic carbocycles. The molecule has 1 aliphatic heterocycles. The van der Waals surface area contributed by atoms with Gasteiger partial charge in [0.15, 0.2) is 6.61 Å². The number of benzene rings is 3. The Bertz CT molecular complexity index is 1400. The quantitative estimate of drug-likeness (QED) is 0.307. The normalized spacial score (nSPS) is 15.5. The summed E-state index contributed by atoms with van der Waals surface area (Å²) in [5.41, 5.74) is 2.90. The molecule has 0 aromatic heterocycles. The summed E-state index contributed by atoms with van der Waals surface area (Å²) in [6, 6.07) is 18.1. The van der Waals surface area contributed by atoms with Gasteiger partial charge in [-0.15, -0.1) is 0 Å². The molecule has 0 amide bonds. The van der Waals surface area contributed by atoms with Crippen molar-refractivity contribution < 1.29 is 32.2 Å². The maximum absolute atomic E-state index is 13.6. The van der Waals surface area contributed by atoms with E-state index in [-0.39, 0.29) is 23.4 Å². The maximum Gasteiger partial charge on any atom is 0.308 e. The van der Waals surface area contributed by atoms with E-state index in [0.29, 0.717) is 17.9 Å². The van der Waals surface area contributed by atoms with Crippen LogP contribution in [0.5, 0.6) is 11.5 Å². The first-order valence-electron chi connectivity index (χ1n) is 11.8. The highest BCUT2D eigenvalue weighted by Crippen LogP contribution is 2.36. The molecule has 0 saturated heterocycles. The average Bonchev–Trinajstić information content (AvgIpc) is 2.91. The lowest BCUT2D eigenvalue weighted by molar-refractivity contribution is -0.143. The molecule has 0 bridgehead atoms. The van der Waals surface area contributed by atoms with Gasteiger partial charge in [0.05, 0.1) is 37.1 Å². The second kappa shape index (κ2) is 11.1. The molecule has 1 atom stereocenters. The van der Waals surface area contributed by atoms with Gasteiger partial charge >= 0.3 is 5.97 Å². The Labute approximate surface area is 216 Å². The molecule has 3 aromatic rings. The number of carbonyl (C=O) groups is 2. The molecule has 194 valence electrons. The van der Waals surface area contributed by atoms with Gasteiger partial charge in [-0.05, 0) is 54.8 Å². The minimum absolute atomic E-state index is 0.163. The number of methoxy groups -OCH3 is 2. The number of hydrogen-bond acceptors (Lipinski definition) is 7. The molecule has 9 heteroatoms. The molecule has 1 aliphatic rings. The fourth-order valence-electron chi connectivity index (χ4n) is 4.45. The van der Waals surface area contributed by atoms with Crippen LogP contribution < -0.4 is 9.47 Å². The van der Waals surface area contributed by atoms with Crippen molar-refractivity contribution in [3.63, 3.8) is 0 Å². The monoisotopic (exact) mass is 523 g/mol. The summed E-state index contributed by atoms with van der Waals surface area (Å²) in [5.74, 6) is -0.344. The third-order valence-corrected chi connectivity index (χ3v) is 8.34. The van der Waals surface area contributed by atoms with Crippen molar-refractivity contribution in [2.75, 3.05) is 27.4 Å². The Hall–Kier alpha value is -3.69. The number of nitrogens with zero attached hydrogens (tertiary/aromatic N) is 1. The van der Waals surface area contributed by atoms with Gasteiger partial charge in [-0.1, -0.05) is 42.0 Å². The molecule has 37 heavy (non-hydrogen) atoms. The molecule has 1 unspecified atom stereocenters. The number of esters is 1. The van der Waals surface area contributed by atoms with Crippen LogP contribution in [0, 0.1) is 6.92 Å². The van der Waals surface area contributed by atoms with Crippen LogP contribution in [0.15, 0.2) is 71.6 Å². The number of carbonyl (C=O) groups excluding carboxylic acids is 2. The lowest BCUT2D eigenvalue weighted by Gasteiger charge is -2.36. The van der Waals surface area contributed by atoms with Crippen LogP contribution >= 0.6 is 0 Å². The zero-order chi connectivity index (χ0) is 26.6. The maximum atomic E-state index is 13.6. The Balaban J connectivity index is 1.55. The van der Waals surface area contributed by atoms with Gasteiger partial charge < -0.3 is 14.2 Å². The predicted molar refractivity (Wildman–Crippen MR) is 137 cm³/mol. The number of ketones is 1. The third-order valence-electron chi connectivity index (χ3n) is 6.42. The summed E-state index contributed by atoms with van der Waals surface area (Å²) in [7, 11) is -0.960. The molecule has 0 spiro atoms. The van der Waals surface area contributed by atoms with Crippen molar-refractivity contribution in [3.05, 3.63) is 89.0 Å². The molecule has 0 radical (unpaired) electrons. The van der Waals surface area contributed by atoms with Crippen LogP contribution in [0.1, 0.15) is 39.5 Å². The summed E-state index contributed by atoms with van der Waals surface area (Å²) < 4.78 is 44.2. The van der Waals surface area contributed by atoms with Crippen LogP contribution in [0.25, 0.3) is 0 Å². The topological polar surface area (TPSA) is 99.2 Å². The molecule has 4 rings (SSSR count). The number of hydrogen-bond donors (Lipinski definition) is 0. The van der Waals surface area contributed by atoms with Gasteiger partial charge in [0.25, 0.3) is 0 Å². The minimum Gasteiger partial charge on any atom is -0.497 e. The van der Waals surface area contributed by atoms with Crippen molar-refractivity contribution >= 4 is 21.8 Å². The molecule has 0 saturated carbocycles. The highest BCUT2D eigenvalue weighted by molar-refractivity contribution is 7.89. The van der Waals surface area contributed by atoms with E-state index in [9.17, 15) is 18.0 Å². The van der Waals surface area contributed by atoms with Crippen LogP contribution in [0.3, 0.4) is 0 Å². The molecular weight excluding hydrogens is 494 g/mol. The van der Waals surface area contributed by atoms with E-state index in [2.05, 4.69) is 0 Å². The van der Waals surface area contributed by atoms with Crippen LogP contribution in [0.2, 0.25) is 0 Å². The van der Waals surface area contributed by atoms with Crippen molar-refractivity contribution in [1.82, 2.24) is 4.31 Å². The van der Waals surface area contributed by atoms with Crippen molar-refractivity contribution in [1.29, 1.82) is 0 Å². The van der Waals surface area contributed by atoms with E-state index in [1.54, 1.807) is 36.4 Å². The van der Waals surface area contributed by atoms with Gasteiger partial charge in [0.2, 0.25) is 15.8 Å². The van der Waals surface area contributed by atoms with E-state index in [1.165, 1.54) is 24.6 Å². The number of ether oxygens (including phenoxy) is 3. The summed E-state index contributed by atoms with van der Waals surface area (Å²) >= 11 is 0. The summed E-state index contributed by atoms with van der Waals surface area (Å²) in [6.45, 7) is 1.60. The van der Waals surface area contributed by atoms with Gasteiger partial charge in [-0.25, -0.2) is 8.42 Å². The van der Waals surface area contributed by atoms with Crippen LogP contribution in [-0.2, 0) is 26.0 Å². The largest absolute Gasteiger partial charge is 0.497 e. The molecule has 0 fully saturated rings. The highest BCUT2D eigenvalue weighted by Gasteiger charge is 2.38. The smallest absolute Gasteiger partial charge is 0.308 e. The van der Waals surface area contributed by atoms with Crippen molar-refractivity contribution in [2.45, 2.75) is 30.7 Å². The highest BCUT2D eigenvalue weighted by atomic mass is 32.2. The first-order chi connectivity index (χ1) is 17.7. The van der Waals surface area contributed by atoms with Crippen molar-refractivity contribution in [2.24, 2.45) is 0 Å². The summed E-state index contributed by atoms with van der Waals surface area (Å²) in [6.07, 6.45) is 0.297. The Morgan fingerprint density at radius 1 is 0.973 bits per heavy atom. The lowest BCUT2D eigenvalue weighted by atomic mass is 9.92. The lowest BCUT2D eigenvalue weighted by Crippen LogP contribution is -2.41. The first kappa shape index (κ1) is 26.4. The standard InChI is InChI=1S/C28H29NO7S/c1-19-8-11-22(12-9-19)37(32,33)29-15-14-20-6-4-5-7-23(20)25(29)17-28(31)36-18-26(30)24-16-21(34-2)10-13-27(24)35-3/h4-13,16,25H,14-15,17-18H2,1-3H3. The van der Waals surface area contributed by atoms with Crippen LogP contribution in [0.4, 0.5) is 0 Å². The van der Waals surface area contributed by atoms with Gasteiger partial charge in [0, 0.05) is 6.54 Å². The minimum atomic E-state index is -3.88. The molecule has 1 heterocycles. The zero-order valence-electron chi connectivity index (χ0n) is 21.0. The SMILES string of the molecule is COc1ccc(OC)c(C(=O)COC(=O)CC2c3ccccc3CCN2S(=O)(=O)c2ccc(C)cc2)c1. The number of fused-ring (bicyclic) bond motifs is 1.